The van der Waals surface area contributed by atoms with E-state index in [-0.39, 0.29) is 19.4 Å². The molecule has 0 aromatic heterocycles. The van der Waals surface area contributed by atoms with Gasteiger partial charge in [-0.15, -0.1) is 0 Å². The van der Waals surface area contributed by atoms with Gasteiger partial charge < -0.3 is 10.5 Å². The van der Waals surface area contributed by atoms with Crippen LogP contribution in [-0.4, -0.2) is 19.1 Å². The molecule has 2 aliphatic rings. The maximum Gasteiger partial charge on any atom is 0.250 e. The van der Waals surface area contributed by atoms with Crippen molar-refractivity contribution >= 4 is 0 Å². The Labute approximate surface area is 105 Å². The van der Waals surface area contributed by atoms with Crippen LogP contribution in [0.25, 0.3) is 0 Å². The largest absolute Gasteiger partial charge is 0.376 e. The van der Waals surface area contributed by atoms with Gasteiger partial charge in [-0.3, -0.25) is 0 Å². The summed E-state index contributed by atoms with van der Waals surface area (Å²) in [5.74, 6) is -2.54. The number of hydrogen-bond donors (Lipinski definition) is 1. The lowest BCUT2D eigenvalue weighted by Crippen LogP contribution is -2.53. The highest BCUT2D eigenvalue weighted by atomic mass is 19.3. The summed E-state index contributed by atoms with van der Waals surface area (Å²) in [6.07, 6.45) is 0.623. The molecule has 0 atom stereocenters. The minimum atomic E-state index is -2.54. The van der Waals surface area contributed by atoms with E-state index in [1.807, 2.05) is 12.1 Å². The van der Waals surface area contributed by atoms with Gasteiger partial charge >= 0.3 is 0 Å². The standard InChI is InChI=1S/C14H17F2NO/c15-14(16)7-13(8-14,9-17)12-2-1-11-6-18-4-3-10(11)5-12/h1-2,5H,3-4,6-9,17H2. The van der Waals surface area contributed by atoms with Crippen molar-refractivity contribution in [3.63, 3.8) is 0 Å². The second kappa shape index (κ2) is 4.00. The number of hydrogen-bond acceptors (Lipinski definition) is 2. The summed E-state index contributed by atoms with van der Waals surface area (Å²) in [4.78, 5) is 0. The van der Waals surface area contributed by atoms with Crippen LogP contribution in [0, 0.1) is 0 Å². The van der Waals surface area contributed by atoms with Gasteiger partial charge in [0.25, 0.3) is 0 Å². The van der Waals surface area contributed by atoms with Crippen LogP contribution in [-0.2, 0) is 23.2 Å². The minimum Gasteiger partial charge on any atom is -0.376 e. The minimum absolute atomic E-state index is 0.119. The number of ether oxygens (including phenoxy) is 1. The second-order valence-corrected chi connectivity index (χ2v) is 5.48. The van der Waals surface area contributed by atoms with E-state index in [9.17, 15) is 8.78 Å². The molecule has 0 radical (unpaired) electrons. The molecule has 3 rings (SSSR count). The van der Waals surface area contributed by atoms with Crippen molar-refractivity contribution in [2.45, 2.75) is 37.2 Å². The van der Waals surface area contributed by atoms with Gasteiger partial charge in [-0.25, -0.2) is 8.78 Å². The lowest BCUT2D eigenvalue weighted by molar-refractivity contribution is -0.123. The van der Waals surface area contributed by atoms with E-state index in [2.05, 4.69) is 6.07 Å². The van der Waals surface area contributed by atoms with Crippen molar-refractivity contribution in [1.82, 2.24) is 0 Å². The van der Waals surface area contributed by atoms with Crippen LogP contribution in [0.15, 0.2) is 18.2 Å². The zero-order valence-corrected chi connectivity index (χ0v) is 10.2. The smallest absolute Gasteiger partial charge is 0.250 e. The molecule has 1 fully saturated rings. The molecule has 1 saturated carbocycles. The van der Waals surface area contributed by atoms with Crippen LogP contribution in [0.4, 0.5) is 8.78 Å². The molecule has 1 aliphatic carbocycles. The fourth-order valence-electron chi connectivity index (χ4n) is 3.10. The third-order valence-electron chi connectivity index (χ3n) is 4.18. The molecule has 1 aromatic carbocycles. The maximum atomic E-state index is 13.2. The first-order valence-electron chi connectivity index (χ1n) is 6.33. The maximum absolute atomic E-state index is 13.2. The Hall–Kier alpha value is -1.00. The van der Waals surface area contributed by atoms with E-state index < -0.39 is 11.3 Å². The molecule has 0 saturated heterocycles. The number of halogens is 2. The van der Waals surface area contributed by atoms with Crippen molar-refractivity contribution in [3.8, 4) is 0 Å². The lowest BCUT2D eigenvalue weighted by atomic mass is 9.62. The Morgan fingerprint density at radius 1 is 1.22 bits per heavy atom. The van der Waals surface area contributed by atoms with Crippen LogP contribution in [0.5, 0.6) is 0 Å². The van der Waals surface area contributed by atoms with Gasteiger partial charge in [-0.1, -0.05) is 18.2 Å². The number of alkyl halides is 2. The normalized spacial score (nSPS) is 24.2. The summed E-state index contributed by atoms with van der Waals surface area (Å²) in [5.41, 5.74) is 8.59. The molecule has 98 valence electrons. The quantitative estimate of drug-likeness (QED) is 0.878. The molecule has 1 heterocycles. The summed E-state index contributed by atoms with van der Waals surface area (Å²) < 4.78 is 31.7. The van der Waals surface area contributed by atoms with Crippen LogP contribution in [0.1, 0.15) is 29.5 Å². The predicted molar refractivity (Wildman–Crippen MR) is 64.7 cm³/mol. The zero-order chi connectivity index (χ0) is 12.8. The van der Waals surface area contributed by atoms with E-state index >= 15 is 0 Å². The molecular formula is C14H17F2NO. The van der Waals surface area contributed by atoms with Crippen molar-refractivity contribution in [1.29, 1.82) is 0 Å². The fourth-order valence-corrected chi connectivity index (χ4v) is 3.10. The zero-order valence-electron chi connectivity index (χ0n) is 10.2. The van der Waals surface area contributed by atoms with Gasteiger partial charge in [0.05, 0.1) is 13.2 Å². The summed E-state index contributed by atoms with van der Waals surface area (Å²) in [7, 11) is 0. The molecule has 2 N–H and O–H groups in total. The molecule has 18 heavy (non-hydrogen) atoms. The molecule has 1 aliphatic heterocycles. The summed E-state index contributed by atoms with van der Waals surface area (Å²) in [5, 5.41) is 0. The average Bonchev–Trinajstić information content (AvgIpc) is 2.34. The van der Waals surface area contributed by atoms with Gasteiger partial charge in [0.1, 0.15) is 0 Å². The topological polar surface area (TPSA) is 35.2 Å². The molecule has 0 spiro atoms. The molecule has 1 aromatic rings. The van der Waals surface area contributed by atoms with Crippen molar-refractivity contribution in [2.75, 3.05) is 13.2 Å². The van der Waals surface area contributed by atoms with Gasteiger partial charge in [0.2, 0.25) is 5.92 Å². The van der Waals surface area contributed by atoms with Crippen LogP contribution in [0.2, 0.25) is 0 Å². The molecule has 0 unspecified atom stereocenters. The number of nitrogens with two attached hydrogens (primary N) is 1. The lowest BCUT2D eigenvalue weighted by Gasteiger charge is -2.47. The Kier molecular flexibility index (Phi) is 2.68. The average molecular weight is 253 g/mol. The van der Waals surface area contributed by atoms with E-state index in [1.165, 1.54) is 11.1 Å². The van der Waals surface area contributed by atoms with Crippen molar-refractivity contribution in [3.05, 3.63) is 34.9 Å². The van der Waals surface area contributed by atoms with Crippen LogP contribution in [0.3, 0.4) is 0 Å². The van der Waals surface area contributed by atoms with Gasteiger partial charge in [-0.05, 0) is 23.1 Å². The highest BCUT2D eigenvalue weighted by Gasteiger charge is 2.56. The van der Waals surface area contributed by atoms with Gasteiger partial charge in [-0.2, -0.15) is 0 Å². The van der Waals surface area contributed by atoms with E-state index in [1.54, 1.807) is 0 Å². The monoisotopic (exact) mass is 253 g/mol. The molecule has 0 amide bonds. The third-order valence-corrected chi connectivity index (χ3v) is 4.18. The van der Waals surface area contributed by atoms with Crippen LogP contribution >= 0.6 is 0 Å². The first kappa shape index (κ1) is 12.1. The molecule has 2 nitrogen and oxygen atoms in total. The first-order chi connectivity index (χ1) is 8.55. The van der Waals surface area contributed by atoms with E-state index in [0.29, 0.717) is 13.2 Å². The Morgan fingerprint density at radius 3 is 2.67 bits per heavy atom. The fraction of sp³-hybridized carbons (Fsp3) is 0.571. The highest BCUT2D eigenvalue weighted by molar-refractivity contribution is 5.39. The SMILES string of the molecule is NCC1(c2ccc3c(c2)CCOC3)CC(F)(F)C1. The molecule has 0 bridgehead atoms. The molecular weight excluding hydrogens is 236 g/mol. The first-order valence-corrected chi connectivity index (χ1v) is 6.33. The van der Waals surface area contributed by atoms with E-state index in [4.69, 9.17) is 10.5 Å². The van der Waals surface area contributed by atoms with E-state index in [0.717, 1.165) is 12.0 Å². The second-order valence-electron chi connectivity index (χ2n) is 5.48. The summed E-state index contributed by atoms with van der Waals surface area (Å²) in [6, 6.07) is 5.99. The third kappa shape index (κ3) is 1.84. The highest BCUT2D eigenvalue weighted by Crippen LogP contribution is 2.53. The number of rotatable bonds is 2. The van der Waals surface area contributed by atoms with Crippen molar-refractivity contribution in [2.24, 2.45) is 5.73 Å². The Balaban J connectivity index is 1.92. The van der Waals surface area contributed by atoms with Gasteiger partial charge in [0.15, 0.2) is 0 Å². The summed E-state index contributed by atoms with van der Waals surface area (Å²) in [6.45, 7) is 1.63. The number of benzene rings is 1. The Morgan fingerprint density at radius 2 is 2.00 bits per heavy atom. The summed E-state index contributed by atoms with van der Waals surface area (Å²) >= 11 is 0. The number of fused-ring (bicyclic) bond motifs is 1. The van der Waals surface area contributed by atoms with Gasteiger partial charge in [0, 0.05) is 24.8 Å². The molecule has 4 heteroatoms. The predicted octanol–water partition coefficient (Wildman–Crippen LogP) is 2.38. The van der Waals surface area contributed by atoms with Crippen molar-refractivity contribution < 1.29 is 13.5 Å². The van der Waals surface area contributed by atoms with Crippen LogP contribution < -0.4 is 5.73 Å². The Bertz CT molecular complexity index is 465.